The molecular weight excluding hydrogens is 284 g/mol. The van der Waals surface area contributed by atoms with Gasteiger partial charge in [-0.3, -0.25) is 4.79 Å². The number of halogens is 1. The summed E-state index contributed by atoms with van der Waals surface area (Å²) in [5.74, 6) is 7.08. The lowest BCUT2D eigenvalue weighted by molar-refractivity contribution is 0.112. The lowest BCUT2D eigenvalue weighted by atomic mass is 10.1. The molecule has 0 heterocycles. The van der Waals surface area contributed by atoms with Gasteiger partial charge in [-0.1, -0.05) is 27.8 Å². The van der Waals surface area contributed by atoms with Gasteiger partial charge in [0.15, 0.2) is 0 Å². The van der Waals surface area contributed by atoms with Crippen LogP contribution in [0.1, 0.15) is 22.3 Å². The molecule has 0 fully saturated rings. The molecule has 0 aliphatic heterocycles. The van der Waals surface area contributed by atoms with E-state index < -0.39 is 0 Å². The highest BCUT2D eigenvalue weighted by atomic mass is 79.9. The molecule has 17 heavy (non-hydrogen) atoms. The summed E-state index contributed by atoms with van der Waals surface area (Å²) in [5, 5.41) is 0.817. The van der Waals surface area contributed by atoms with Crippen molar-refractivity contribution in [2.45, 2.75) is 6.42 Å². The van der Waals surface area contributed by atoms with Gasteiger partial charge in [-0.05, 0) is 12.1 Å². The quantitative estimate of drug-likeness (QED) is 0.487. The van der Waals surface area contributed by atoms with Crippen molar-refractivity contribution in [3.63, 3.8) is 0 Å². The molecule has 0 N–H and O–H groups in total. The molecule has 1 rings (SSSR count). The van der Waals surface area contributed by atoms with Crippen molar-refractivity contribution < 1.29 is 14.3 Å². The van der Waals surface area contributed by atoms with Crippen LogP contribution in [0.2, 0.25) is 0 Å². The second-order valence-electron chi connectivity index (χ2n) is 3.16. The molecule has 3 nitrogen and oxygen atoms in total. The summed E-state index contributed by atoms with van der Waals surface area (Å²) in [5.41, 5.74) is 1.17. The van der Waals surface area contributed by atoms with Gasteiger partial charge in [0.25, 0.3) is 0 Å². The van der Waals surface area contributed by atoms with Gasteiger partial charge in [-0.15, -0.1) is 0 Å². The molecule has 0 saturated carbocycles. The Kier molecular flexibility index (Phi) is 5.58. The average molecular weight is 297 g/mol. The average Bonchev–Trinajstić information content (AvgIpc) is 2.38. The normalized spacial score (nSPS) is 9.12. The van der Waals surface area contributed by atoms with Crippen molar-refractivity contribution in [1.82, 2.24) is 0 Å². The molecule has 0 aliphatic carbocycles. The number of benzene rings is 1. The van der Waals surface area contributed by atoms with Gasteiger partial charge in [-0.2, -0.15) is 0 Å². The number of aldehydes is 1. The summed E-state index contributed by atoms with van der Waals surface area (Å²) in [6, 6.07) is 3.29. The molecule has 0 aliphatic rings. The van der Waals surface area contributed by atoms with E-state index in [0.717, 1.165) is 18.0 Å². The summed E-state index contributed by atoms with van der Waals surface area (Å²) in [6.07, 6.45) is 1.49. The first-order valence-corrected chi connectivity index (χ1v) is 6.15. The van der Waals surface area contributed by atoms with Crippen LogP contribution in [0.15, 0.2) is 12.1 Å². The van der Waals surface area contributed by atoms with Crippen LogP contribution in [0.5, 0.6) is 11.5 Å². The van der Waals surface area contributed by atoms with E-state index in [9.17, 15) is 4.79 Å². The Hall–Kier alpha value is -1.47. The highest BCUT2D eigenvalue weighted by Gasteiger charge is 2.10. The zero-order valence-electron chi connectivity index (χ0n) is 9.75. The molecule has 0 unspecified atom stereocenters. The van der Waals surface area contributed by atoms with Crippen molar-refractivity contribution in [3.8, 4) is 23.3 Å². The van der Waals surface area contributed by atoms with E-state index in [1.54, 1.807) is 26.4 Å². The Balaban J connectivity index is 3.25. The third kappa shape index (κ3) is 3.50. The van der Waals surface area contributed by atoms with Crippen LogP contribution in [-0.2, 0) is 0 Å². The van der Waals surface area contributed by atoms with Crippen LogP contribution in [0.3, 0.4) is 0 Å². The van der Waals surface area contributed by atoms with Gasteiger partial charge < -0.3 is 9.47 Å². The maximum Gasteiger partial charge on any atom is 0.150 e. The minimum absolute atomic E-state index is 0.504. The molecule has 0 aromatic heterocycles. The third-order valence-electron chi connectivity index (χ3n) is 2.10. The molecule has 1 aromatic carbocycles. The molecule has 1 aromatic rings. The summed E-state index contributed by atoms with van der Waals surface area (Å²) < 4.78 is 10.4. The SMILES string of the molecule is COc1cc(C=O)cc(OC)c1C#CCCBr. The summed E-state index contributed by atoms with van der Waals surface area (Å²) in [6.45, 7) is 0. The minimum Gasteiger partial charge on any atom is -0.495 e. The maximum atomic E-state index is 10.8. The van der Waals surface area contributed by atoms with E-state index in [1.165, 1.54) is 0 Å². The topological polar surface area (TPSA) is 35.5 Å². The minimum atomic E-state index is 0.504. The first-order valence-electron chi connectivity index (χ1n) is 5.02. The fourth-order valence-corrected chi connectivity index (χ4v) is 1.52. The highest BCUT2D eigenvalue weighted by Crippen LogP contribution is 2.29. The molecule has 0 radical (unpaired) electrons. The monoisotopic (exact) mass is 296 g/mol. The predicted molar refractivity (Wildman–Crippen MR) is 70.2 cm³/mol. The van der Waals surface area contributed by atoms with Crippen LogP contribution in [0.4, 0.5) is 0 Å². The number of methoxy groups -OCH3 is 2. The van der Waals surface area contributed by atoms with E-state index in [0.29, 0.717) is 22.6 Å². The van der Waals surface area contributed by atoms with E-state index in [4.69, 9.17) is 9.47 Å². The van der Waals surface area contributed by atoms with Crippen LogP contribution in [0.25, 0.3) is 0 Å². The molecule has 4 heteroatoms. The van der Waals surface area contributed by atoms with Crippen molar-refractivity contribution in [1.29, 1.82) is 0 Å². The van der Waals surface area contributed by atoms with Crippen molar-refractivity contribution in [2.24, 2.45) is 0 Å². The Morgan fingerprint density at radius 1 is 1.29 bits per heavy atom. The Labute approximate surface area is 109 Å². The number of ether oxygens (including phenoxy) is 2. The third-order valence-corrected chi connectivity index (χ3v) is 2.49. The number of carbonyl (C=O) groups excluding carboxylic acids is 1. The Morgan fingerprint density at radius 2 is 1.88 bits per heavy atom. The van der Waals surface area contributed by atoms with E-state index in [2.05, 4.69) is 27.8 Å². The lowest BCUT2D eigenvalue weighted by Crippen LogP contribution is -1.95. The van der Waals surface area contributed by atoms with E-state index in [-0.39, 0.29) is 0 Å². The van der Waals surface area contributed by atoms with Crippen LogP contribution >= 0.6 is 15.9 Å². The van der Waals surface area contributed by atoms with Gasteiger partial charge in [0.2, 0.25) is 0 Å². The predicted octanol–water partition coefficient (Wildman–Crippen LogP) is 2.65. The number of carbonyl (C=O) groups is 1. The fraction of sp³-hybridized carbons (Fsp3) is 0.308. The van der Waals surface area contributed by atoms with Crippen LogP contribution in [0, 0.1) is 11.8 Å². The smallest absolute Gasteiger partial charge is 0.150 e. The molecular formula is C13H13BrO3. The van der Waals surface area contributed by atoms with E-state index >= 15 is 0 Å². The van der Waals surface area contributed by atoms with Gasteiger partial charge in [0, 0.05) is 17.3 Å². The highest BCUT2D eigenvalue weighted by molar-refractivity contribution is 9.09. The van der Waals surface area contributed by atoms with Crippen LogP contribution in [-0.4, -0.2) is 25.8 Å². The number of rotatable bonds is 4. The number of hydrogen-bond donors (Lipinski definition) is 0. The van der Waals surface area contributed by atoms with Crippen LogP contribution < -0.4 is 9.47 Å². The zero-order chi connectivity index (χ0) is 12.7. The lowest BCUT2D eigenvalue weighted by Gasteiger charge is -2.09. The standard InChI is InChI=1S/C13H13BrO3/c1-16-12-7-10(9-15)8-13(17-2)11(12)5-3-4-6-14/h7-9H,4,6H2,1-2H3. The second-order valence-corrected chi connectivity index (χ2v) is 3.95. The van der Waals surface area contributed by atoms with Crippen molar-refractivity contribution in [3.05, 3.63) is 23.3 Å². The molecule has 0 amide bonds. The Bertz CT molecular complexity index is 432. The molecule has 90 valence electrons. The maximum absolute atomic E-state index is 10.8. The largest absolute Gasteiger partial charge is 0.495 e. The zero-order valence-corrected chi connectivity index (χ0v) is 11.3. The van der Waals surface area contributed by atoms with Gasteiger partial charge in [0.1, 0.15) is 23.3 Å². The van der Waals surface area contributed by atoms with Gasteiger partial charge >= 0.3 is 0 Å². The number of alkyl halides is 1. The molecule has 0 atom stereocenters. The van der Waals surface area contributed by atoms with E-state index in [1.807, 2.05) is 0 Å². The van der Waals surface area contributed by atoms with Gasteiger partial charge in [-0.25, -0.2) is 0 Å². The molecule has 0 spiro atoms. The van der Waals surface area contributed by atoms with Gasteiger partial charge in [0.05, 0.1) is 14.2 Å². The summed E-state index contributed by atoms with van der Waals surface area (Å²) in [4.78, 5) is 10.8. The fourth-order valence-electron chi connectivity index (χ4n) is 1.32. The summed E-state index contributed by atoms with van der Waals surface area (Å²) >= 11 is 3.31. The first-order chi connectivity index (χ1) is 8.26. The number of hydrogen-bond acceptors (Lipinski definition) is 3. The second kappa shape index (κ2) is 6.97. The molecule has 0 saturated heterocycles. The van der Waals surface area contributed by atoms with Crippen molar-refractivity contribution >= 4 is 22.2 Å². The molecule has 0 bridgehead atoms. The first kappa shape index (κ1) is 13.6. The van der Waals surface area contributed by atoms with Crippen molar-refractivity contribution in [2.75, 3.05) is 19.5 Å². The Morgan fingerprint density at radius 3 is 2.29 bits per heavy atom. The summed E-state index contributed by atoms with van der Waals surface area (Å²) in [7, 11) is 3.08.